The lowest BCUT2D eigenvalue weighted by Crippen LogP contribution is -3.00. The van der Waals surface area contributed by atoms with E-state index in [0.717, 1.165) is 32.1 Å². The molecule has 0 unspecified atom stereocenters. The zero-order valence-corrected chi connectivity index (χ0v) is 12.3. The quantitative estimate of drug-likeness (QED) is 0.752. The van der Waals surface area contributed by atoms with E-state index in [9.17, 15) is 5.11 Å². The van der Waals surface area contributed by atoms with Gasteiger partial charge in [0.15, 0.2) is 0 Å². The highest BCUT2D eigenvalue weighted by Crippen LogP contribution is 2.34. The molecular weight excluding hydrogens is 232 g/mol. The number of allylic oxidation sites excluding steroid dienone is 4. The summed E-state index contributed by atoms with van der Waals surface area (Å²) in [6.07, 6.45) is 9.74. The zero-order chi connectivity index (χ0) is 12.2. The minimum atomic E-state index is -0.497. The van der Waals surface area contributed by atoms with Crippen LogP contribution in [0.2, 0.25) is 0 Å². The van der Waals surface area contributed by atoms with E-state index in [-0.39, 0.29) is 12.4 Å². The van der Waals surface area contributed by atoms with Crippen LogP contribution >= 0.6 is 0 Å². The van der Waals surface area contributed by atoms with Crippen molar-refractivity contribution >= 4 is 0 Å². The Hall–Kier alpha value is -0.270. The van der Waals surface area contributed by atoms with Crippen LogP contribution in [0, 0.1) is 5.92 Å². The van der Waals surface area contributed by atoms with Crippen molar-refractivity contribution in [2.45, 2.75) is 65.4 Å². The molecule has 1 N–H and O–H groups in total. The molecule has 1 aliphatic carbocycles. The highest BCUT2D eigenvalue weighted by atomic mass is 35.5. The van der Waals surface area contributed by atoms with Gasteiger partial charge in [-0.2, -0.15) is 0 Å². The Labute approximate surface area is 112 Å². The van der Waals surface area contributed by atoms with E-state index >= 15 is 0 Å². The van der Waals surface area contributed by atoms with Crippen LogP contribution < -0.4 is 12.4 Å². The van der Waals surface area contributed by atoms with Crippen LogP contribution in [-0.4, -0.2) is 10.7 Å². The van der Waals surface area contributed by atoms with Gasteiger partial charge in [0.25, 0.3) is 0 Å². The van der Waals surface area contributed by atoms with Crippen molar-refractivity contribution in [3.63, 3.8) is 0 Å². The summed E-state index contributed by atoms with van der Waals surface area (Å²) in [5.74, 6) is 0.446. The topological polar surface area (TPSA) is 20.2 Å². The highest BCUT2D eigenvalue weighted by molar-refractivity contribution is 5.06. The lowest BCUT2D eigenvalue weighted by Gasteiger charge is -2.34. The van der Waals surface area contributed by atoms with Crippen molar-refractivity contribution in [2.75, 3.05) is 0 Å². The summed E-state index contributed by atoms with van der Waals surface area (Å²) in [7, 11) is 0. The molecule has 0 saturated carbocycles. The van der Waals surface area contributed by atoms with Crippen molar-refractivity contribution < 1.29 is 17.5 Å². The molecule has 0 amide bonds. The number of hydrogen-bond donors (Lipinski definition) is 1. The van der Waals surface area contributed by atoms with E-state index in [4.69, 9.17) is 0 Å². The van der Waals surface area contributed by atoms with Crippen molar-refractivity contribution in [1.82, 2.24) is 0 Å². The molecule has 0 heterocycles. The van der Waals surface area contributed by atoms with E-state index in [2.05, 4.69) is 32.9 Å². The van der Waals surface area contributed by atoms with Crippen LogP contribution in [-0.2, 0) is 0 Å². The van der Waals surface area contributed by atoms with Gasteiger partial charge in [0.2, 0.25) is 0 Å². The third kappa shape index (κ3) is 5.74. The van der Waals surface area contributed by atoms with Gasteiger partial charge in [-0.05, 0) is 65.7 Å². The lowest BCUT2D eigenvalue weighted by atomic mass is 9.76. The van der Waals surface area contributed by atoms with Crippen LogP contribution in [0.4, 0.5) is 0 Å². The first kappa shape index (κ1) is 16.7. The molecule has 0 aliphatic heterocycles. The van der Waals surface area contributed by atoms with Gasteiger partial charge < -0.3 is 17.5 Å². The Morgan fingerprint density at radius 3 is 2.65 bits per heavy atom. The second kappa shape index (κ2) is 7.23. The molecule has 0 saturated heterocycles. The number of rotatable bonds is 4. The van der Waals surface area contributed by atoms with Gasteiger partial charge in [-0.3, -0.25) is 0 Å². The van der Waals surface area contributed by atoms with Crippen molar-refractivity contribution in [1.29, 1.82) is 0 Å². The summed E-state index contributed by atoms with van der Waals surface area (Å²) in [5.41, 5.74) is 2.33. The molecule has 2 atom stereocenters. The second-order valence-corrected chi connectivity index (χ2v) is 5.70. The Morgan fingerprint density at radius 2 is 2.18 bits per heavy atom. The van der Waals surface area contributed by atoms with Gasteiger partial charge in [-0.25, -0.2) is 0 Å². The van der Waals surface area contributed by atoms with E-state index in [0.29, 0.717) is 5.92 Å². The predicted octanol–water partition coefficient (Wildman–Crippen LogP) is 1.23. The summed E-state index contributed by atoms with van der Waals surface area (Å²) < 4.78 is 0. The van der Waals surface area contributed by atoms with Crippen LogP contribution in [0.1, 0.15) is 59.8 Å². The second-order valence-electron chi connectivity index (χ2n) is 5.70. The fourth-order valence-electron chi connectivity index (χ4n) is 2.39. The van der Waals surface area contributed by atoms with Crippen molar-refractivity contribution in [3.8, 4) is 0 Å². The summed E-state index contributed by atoms with van der Waals surface area (Å²) >= 11 is 0. The molecule has 0 spiro atoms. The van der Waals surface area contributed by atoms with Crippen LogP contribution in [0.25, 0.3) is 0 Å². The van der Waals surface area contributed by atoms with Crippen molar-refractivity contribution in [2.24, 2.45) is 5.92 Å². The highest BCUT2D eigenvalue weighted by Gasteiger charge is 2.31. The fraction of sp³-hybridized carbons (Fsp3) is 0.733. The van der Waals surface area contributed by atoms with Gasteiger partial charge in [-0.1, -0.05) is 23.3 Å². The standard InChI is InChI=1S/C15H26O.ClH/c1-12(2)6-5-11-15(4,16)14-9-7-13(3)8-10-14;/h6-7,14,16H,5,8-11H2,1-4H3;1H/p-1/t14-,15+;/m1./s1. The molecule has 1 nitrogen and oxygen atoms in total. The van der Waals surface area contributed by atoms with Gasteiger partial charge in [0.05, 0.1) is 5.60 Å². The molecule has 0 aromatic carbocycles. The van der Waals surface area contributed by atoms with E-state index < -0.39 is 5.60 Å². The number of halogens is 1. The normalized spacial score (nSPS) is 23.1. The Balaban J connectivity index is 0.00000256. The first-order valence-corrected chi connectivity index (χ1v) is 6.43. The van der Waals surface area contributed by atoms with E-state index in [1.165, 1.54) is 11.1 Å². The molecule has 1 rings (SSSR count). The molecule has 0 radical (unpaired) electrons. The van der Waals surface area contributed by atoms with Gasteiger partial charge in [-0.15, -0.1) is 0 Å². The molecule has 0 aromatic rings. The molecule has 0 aromatic heterocycles. The monoisotopic (exact) mass is 257 g/mol. The maximum Gasteiger partial charge on any atom is 0.0653 e. The van der Waals surface area contributed by atoms with E-state index in [1.54, 1.807) is 0 Å². The van der Waals surface area contributed by atoms with Gasteiger partial charge in [0, 0.05) is 0 Å². The maximum atomic E-state index is 10.5. The maximum absolute atomic E-state index is 10.5. The smallest absolute Gasteiger partial charge is 0.0653 e. The fourth-order valence-corrected chi connectivity index (χ4v) is 2.39. The average molecular weight is 258 g/mol. The third-order valence-electron chi connectivity index (χ3n) is 3.72. The third-order valence-corrected chi connectivity index (χ3v) is 3.72. The summed E-state index contributed by atoms with van der Waals surface area (Å²) in [6.45, 7) is 8.42. The van der Waals surface area contributed by atoms with Crippen LogP contribution in [0.15, 0.2) is 23.3 Å². The summed E-state index contributed by atoms with van der Waals surface area (Å²) in [5, 5.41) is 10.5. The first-order valence-electron chi connectivity index (χ1n) is 6.43. The molecule has 0 bridgehead atoms. The number of aliphatic hydroxyl groups is 1. The molecule has 1 aliphatic rings. The van der Waals surface area contributed by atoms with Crippen LogP contribution in [0.3, 0.4) is 0 Å². The molecule has 100 valence electrons. The largest absolute Gasteiger partial charge is 1.00 e. The number of hydrogen-bond acceptors (Lipinski definition) is 1. The van der Waals surface area contributed by atoms with Crippen molar-refractivity contribution in [3.05, 3.63) is 23.3 Å². The predicted molar refractivity (Wildman–Crippen MR) is 70.4 cm³/mol. The average Bonchev–Trinajstić information content (AvgIpc) is 2.17. The first-order chi connectivity index (χ1) is 7.42. The van der Waals surface area contributed by atoms with Gasteiger partial charge in [0.1, 0.15) is 0 Å². The van der Waals surface area contributed by atoms with Crippen LogP contribution in [0.5, 0.6) is 0 Å². The summed E-state index contributed by atoms with van der Waals surface area (Å²) in [4.78, 5) is 0. The Kier molecular flexibility index (Phi) is 7.11. The summed E-state index contributed by atoms with van der Waals surface area (Å²) in [6, 6.07) is 0. The zero-order valence-electron chi connectivity index (χ0n) is 11.6. The van der Waals surface area contributed by atoms with E-state index in [1.807, 2.05) is 6.92 Å². The Morgan fingerprint density at radius 1 is 1.53 bits per heavy atom. The molecular formula is C15H26ClO-. The molecule has 0 fully saturated rings. The minimum Gasteiger partial charge on any atom is -1.00 e. The minimum absolute atomic E-state index is 0. The lowest BCUT2D eigenvalue weighted by molar-refractivity contribution is -0.0122. The molecule has 17 heavy (non-hydrogen) atoms. The molecule has 2 heteroatoms. The SMILES string of the molecule is CC(C)=CCC[C@](C)(O)[C@@H]1CC=C(C)CC1.[Cl-]. The Bertz CT molecular complexity index is 285. The van der Waals surface area contributed by atoms with Gasteiger partial charge >= 0.3 is 0 Å².